The van der Waals surface area contributed by atoms with E-state index in [9.17, 15) is 4.79 Å². The molecule has 0 aliphatic rings. The first kappa shape index (κ1) is 13.3. The summed E-state index contributed by atoms with van der Waals surface area (Å²) in [6.07, 6.45) is 0. The maximum absolute atomic E-state index is 11.6. The first-order valence-electron chi connectivity index (χ1n) is 6.47. The fraction of sp³-hybridized carbons (Fsp3) is 0.235. The van der Waals surface area contributed by atoms with E-state index in [0.717, 1.165) is 5.56 Å². The normalized spacial score (nSPS) is 10.3. The molecule has 2 rings (SSSR count). The largest absolute Gasteiger partial charge is 0.462 e. The smallest absolute Gasteiger partial charge is 0.338 e. The number of aryl methyl sites for hydroxylation is 1. The van der Waals surface area contributed by atoms with Gasteiger partial charge < -0.3 is 4.74 Å². The lowest BCUT2D eigenvalue weighted by Crippen LogP contribution is -2.04. The van der Waals surface area contributed by atoms with Gasteiger partial charge in [-0.25, -0.2) is 4.79 Å². The average Bonchev–Trinajstić information content (AvgIpc) is 2.42. The maximum Gasteiger partial charge on any atom is 0.338 e. The van der Waals surface area contributed by atoms with Crippen LogP contribution in [0.5, 0.6) is 0 Å². The lowest BCUT2D eigenvalue weighted by molar-refractivity contribution is 0.0526. The van der Waals surface area contributed by atoms with Crippen molar-refractivity contribution in [2.45, 2.75) is 20.8 Å². The summed E-state index contributed by atoms with van der Waals surface area (Å²) >= 11 is 0. The van der Waals surface area contributed by atoms with Crippen molar-refractivity contribution < 1.29 is 9.53 Å². The van der Waals surface area contributed by atoms with E-state index in [1.54, 1.807) is 0 Å². The highest BCUT2D eigenvalue weighted by Gasteiger charge is 2.07. The van der Waals surface area contributed by atoms with Gasteiger partial charge in [-0.05, 0) is 55.2 Å². The third-order valence-corrected chi connectivity index (χ3v) is 3.31. The van der Waals surface area contributed by atoms with Crippen LogP contribution in [-0.4, -0.2) is 12.6 Å². The molecule has 0 aromatic heterocycles. The summed E-state index contributed by atoms with van der Waals surface area (Å²) in [6.45, 7) is 6.43. The van der Waals surface area contributed by atoms with Crippen molar-refractivity contribution in [1.82, 2.24) is 0 Å². The van der Waals surface area contributed by atoms with E-state index in [-0.39, 0.29) is 5.97 Å². The summed E-state index contributed by atoms with van der Waals surface area (Å²) in [6, 6.07) is 13.8. The van der Waals surface area contributed by atoms with Crippen molar-refractivity contribution in [2.24, 2.45) is 0 Å². The van der Waals surface area contributed by atoms with Crippen molar-refractivity contribution in [1.29, 1.82) is 0 Å². The monoisotopic (exact) mass is 254 g/mol. The Kier molecular flexibility index (Phi) is 4.00. The van der Waals surface area contributed by atoms with E-state index in [4.69, 9.17) is 4.74 Å². The van der Waals surface area contributed by atoms with Gasteiger partial charge in [0.25, 0.3) is 0 Å². The Bertz CT molecular complexity index is 583. The van der Waals surface area contributed by atoms with Crippen molar-refractivity contribution in [3.63, 3.8) is 0 Å². The zero-order chi connectivity index (χ0) is 13.8. The first-order chi connectivity index (χ1) is 9.13. The molecule has 2 heteroatoms. The minimum absolute atomic E-state index is 0.269. The standard InChI is InChI=1S/C17H18O2/c1-4-19-17(18)15-10-8-14(9-11-15)16-7-5-6-12(2)13(16)3/h5-11H,4H2,1-3H3. The molecule has 0 aliphatic heterocycles. The second kappa shape index (κ2) is 5.70. The van der Waals surface area contributed by atoms with Gasteiger partial charge in [-0.15, -0.1) is 0 Å². The van der Waals surface area contributed by atoms with Crippen LogP contribution in [-0.2, 0) is 4.74 Å². The summed E-state index contributed by atoms with van der Waals surface area (Å²) in [7, 11) is 0. The van der Waals surface area contributed by atoms with Crippen LogP contribution in [0.1, 0.15) is 28.4 Å². The Labute approximate surface area is 114 Å². The van der Waals surface area contributed by atoms with Gasteiger partial charge in [0.05, 0.1) is 12.2 Å². The van der Waals surface area contributed by atoms with Crippen LogP contribution in [0, 0.1) is 13.8 Å². The quantitative estimate of drug-likeness (QED) is 0.769. The molecule has 0 saturated heterocycles. The van der Waals surface area contributed by atoms with E-state index < -0.39 is 0 Å². The van der Waals surface area contributed by atoms with Crippen LogP contribution >= 0.6 is 0 Å². The molecule has 2 nitrogen and oxygen atoms in total. The molecular formula is C17H18O2. The highest BCUT2D eigenvalue weighted by Crippen LogP contribution is 2.25. The van der Waals surface area contributed by atoms with Gasteiger partial charge in [0.15, 0.2) is 0 Å². The second-order valence-electron chi connectivity index (χ2n) is 4.55. The number of esters is 1. The third kappa shape index (κ3) is 2.84. The molecule has 19 heavy (non-hydrogen) atoms. The molecule has 0 radical (unpaired) electrons. The number of ether oxygens (including phenoxy) is 1. The Morgan fingerprint density at radius 3 is 2.37 bits per heavy atom. The van der Waals surface area contributed by atoms with Crippen LogP contribution in [0.25, 0.3) is 11.1 Å². The molecule has 0 atom stereocenters. The van der Waals surface area contributed by atoms with E-state index in [0.29, 0.717) is 12.2 Å². The van der Waals surface area contributed by atoms with E-state index >= 15 is 0 Å². The molecular weight excluding hydrogens is 236 g/mol. The van der Waals surface area contributed by atoms with Gasteiger partial charge in [-0.1, -0.05) is 30.3 Å². The number of carbonyl (C=O) groups excluding carboxylic acids is 1. The summed E-state index contributed by atoms with van der Waals surface area (Å²) in [4.78, 5) is 11.6. The van der Waals surface area contributed by atoms with Gasteiger partial charge in [0, 0.05) is 0 Å². The zero-order valence-corrected chi connectivity index (χ0v) is 11.6. The number of hydrogen-bond donors (Lipinski definition) is 0. The fourth-order valence-corrected chi connectivity index (χ4v) is 2.06. The average molecular weight is 254 g/mol. The number of carbonyl (C=O) groups is 1. The Morgan fingerprint density at radius 2 is 1.74 bits per heavy atom. The summed E-state index contributed by atoms with van der Waals surface area (Å²) in [5.41, 5.74) is 5.46. The van der Waals surface area contributed by atoms with Crippen molar-refractivity contribution >= 4 is 5.97 Å². The summed E-state index contributed by atoms with van der Waals surface area (Å²) < 4.78 is 4.98. The summed E-state index contributed by atoms with van der Waals surface area (Å²) in [5, 5.41) is 0. The lowest BCUT2D eigenvalue weighted by Gasteiger charge is -2.09. The van der Waals surface area contributed by atoms with Gasteiger partial charge in [-0.3, -0.25) is 0 Å². The Balaban J connectivity index is 2.33. The predicted octanol–water partition coefficient (Wildman–Crippen LogP) is 4.15. The molecule has 0 spiro atoms. The highest BCUT2D eigenvalue weighted by molar-refractivity contribution is 5.90. The van der Waals surface area contributed by atoms with Gasteiger partial charge in [0.1, 0.15) is 0 Å². The topological polar surface area (TPSA) is 26.3 Å². The second-order valence-corrected chi connectivity index (χ2v) is 4.55. The SMILES string of the molecule is CCOC(=O)c1ccc(-c2cccc(C)c2C)cc1. The lowest BCUT2D eigenvalue weighted by atomic mass is 9.96. The Hall–Kier alpha value is -2.09. The molecule has 2 aromatic carbocycles. The van der Waals surface area contributed by atoms with Gasteiger partial charge in [0.2, 0.25) is 0 Å². The predicted molar refractivity (Wildman–Crippen MR) is 77.3 cm³/mol. The molecule has 0 amide bonds. The first-order valence-corrected chi connectivity index (χ1v) is 6.47. The molecule has 0 heterocycles. The van der Waals surface area contributed by atoms with Crippen LogP contribution in [0.4, 0.5) is 0 Å². The molecule has 98 valence electrons. The number of rotatable bonds is 3. The molecule has 0 fully saturated rings. The minimum atomic E-state index is -0.269. The van der Waals surface area contributed by atoms with Crippen molar-refractivity contribution in [2.75, 3.05) is 6.61 Å². The molecule has 0 unspecified atom stereocenters. The molecule has 0 saturated carbocycles. The van der Waals surface area contributed by atoms with Crippen LogP contribution in [0.15, 0.2) is 42.5 Å². The number of hydrogen-bond acceptors (Lipinski definition) is 2. The Morgan fingerprint density at radius 1 is 1.05 bits per heavy atom. The van der Waals surface area contributed by atoms with Gasteiger partial charge >= 0.3 is 5.97 Å². The molecule has 0 N–H and O–H groups in total. The van der Waals surface area contributed by atoms with Gasteiger partial charge in [-0.2, -0.15) is 0 Å². The maximum atomic E-state index is 11.6. The summed E-state index contributed by atoms with van der Waals surface area (Å²) in [5.74, 6) is -0.269. The fourth-order valence-electron chi connectivity index (χ4n) is 2.06. The highest BCUT2D eigenvalue weighted by atomic mass is 16.5. The molecule has 0 aliphatic carbocycles. The van der Waals surface area contributed by atoms with Crippen molar-refractivity contribution in [3.8, 4) is 11.1 Å². The molecule has 0 bridgehead atoms. The van der Waals surface area contributed by atoms with E-state index in [1.165, 1.54) is 16.7 Å². The van der Waals surface area contributed by atoms with Crippen molar-refractivity contribution in [3.05, 3.63) is 59.2 Å². The third-order valence-electron chi connectivity index (χ3n) is 3.31. The van der Waals surface area contributed by atoms with Crippen LogP contribution in [0.2, 0.25) is 0 Å². The van der Waals surface area contributed by atoms with Crippen LogP contribution < -0.4 is 0 Å². The van der Waals surface area contributed by atoms with E-state index in [1.807, 2.05) is 31.2 Å². The van der Waals surface area contributed by atoms with E-state index in [2.05, 4.69) is 32.0 Å². The zero-order valence-electron chi connectivity index (χ0n) is 11.6. The molecule has 2 aromatic rings. The minimum Gasteiger partial charge on any atom is -0.462 e. The number of benzene rings is 2. The van der Waals surface area contributed by atoms with Crippen LogP contribution in [0.3, 0.4) is 0 Å².